The third-order valence-electron chi connectivity index (χ3n) is 5.22. The summed E-state index contributed by atoms with van der Waals surface area (Å²) >= 11 is 1.37. The van der Waals surface area contributed by atoms with E-state index in [4.69, 9.17) is 0 Å². The highest BCUT2D eigenvalue weighted by molar-refractivity contribution is 7.10. The number of aliphatic hydroxyl groups is 1. The molecule has 4 aromatic rings. The quantitative estimate of drug-likeness (QED) is 0.486. The van der Waals surface area contributed by atoms with E-state index in [1.165, 1.54) is 28.7 Å². The van der Waals surface area contributed by atoms with Gasteiger partial charge in [-0.1, -0.05) is 36.8 Å². The van der Waals surface area contributed by atoms with Crippen molar-refractivity contribution in [2.45, 2.75) is 31.9 Å². The van der Waals surface area contributed by atoms with E-state index < -0.39 is 23.2 Å². The highest BCUT2D eigenvalue weighted by atomic mass is 32.1. The van der Waals surface area contributed by atoms with Gasteiger partial charge < -0.3 is 5.11 Å². The Morgan fingerprint density at radius 2 is 1.93 bits per heavy atom. The van der Waals surface area contributed by atoms with E-state index in [9.17, 15) is 13.9 Å². The van der Waals surface area contributed by atoms with E-state index in [-0.39, 0.29) is 12.1 Å². The summed E-state index contributed by atoms with van der Waals surface area (Å²) in [4.78, 5) is 8.56. The van der Waals surface area contributed by atoms with E-state index >= 15 is 0 Å². The van der Waals surface area contributed by atoms with E-state index in [2.05, 4.69) is 15.1 Å². The molecule has 0 fully saturated rings. The minimum Gasteiger partial charge on any atom is -0.382 e. The molecule has 8 heteroatoms. The molecule has 0 unspecified atom stereocenters. The average molecular weight is 426 g/mol. The summed E-state index contributed by atoms with van der Waals surface area (Å²) in [5.41, 5.74) is 0.933. The Morgan fingerprint density at radius 1 is 1.17 bits per heavy atom. The second-order valence-electron chi connectivity index (χ2n) is 7.30. The molecular weight excluding hydrogens is 406 g/mol. The highest BCUT2D eigenvalue weighted by Crippen LogP contribution is 2.41. The molecule has 0 saturated heterocycles. The Bertz CT molecular complexity index is 1140. The van der Waals surface area contributed by atoms with Gasteiger partial charge in [-0.25, -0.2) is 23.4 Å². The van der Waals surface area contributed by atoms with Gasteiger partial charge in [0.25, 0.3) is 0 Å². The molecule has 0 saturated carbocycles. The molecule has 1 N–H and O–H groups in total. The summed E-state index contributed by atoms with van der Waals surface area (Å²) in [5, 5.41) is 18.2. The highest BCUT2D eigenvalue weighted by Gasteiger charge is 2.41. The second-order valence-corrected chi connectivity index (χ2v) is 8.19. The standard InChI is InChI=1S/C22H20F2N4OS/c1-14-3-5-16(6-4-14)20-10-30-21(27-20)15(2)22(29,11-28-13-25-12-26-28)18-9-17(23)7-8-19(18)24/h3-10,12-13,15,29H,11H2,1-2H3/t15-,22+/m0/s1. The molecule has 5 nitrogen and oxygen atoms in total. The molecule has 0 amide bonds. The van der Waals surface area contributed by atoms with Crippen LogP contribution in [0.1, 0.15) is 29.0 Å². The van der Waals surface area contributed by atoms with E-state index in [0.29, 0.717) is 5.01 Å². The van der Waals surface area contributed by atoms with Crippen molar-refractivity contribution >= 4 is 11.3 Å². The van der Waals surface area contributed by atoms with Crippen molar-refractivity contribution in [1.29, 1.82) is 0 Å². The van der Waals surface area contributed by atoms with Crippen LogP contribution in [-0.4, -0.2) is 24.9 Å². The second kappa shape index (κ2) is 8.04. The lowest BCUT2D eigenvalue weighted by atomic mass is 9.82. The first kappa shape index (κ1) is 20.3. The molecule has 2 aromatic heterocycles. The number of halogens is 2. The normalized spacial score (nSPS) is 14.4. The van der Waals surface area contributed by atoms with Crippen LogP contribution in [0.15, 0.2) is 60.5 Å². The van der Waals surface area contributed by atoms with Gasteiger partial charge in [0.1, 0.15) is 29.9 Å². The Hall–Kier alpha value is -2.97. The number of rotatable bonds is 6. The lowest BCUT2D eigenvalue weighted by Crippen LogP contribution is -2.38. The maximum Gasteiger partial charge on any atom is 0.137 e. The van der Waals surface area contributed by atoms with Crippen LogP contribution in [0.3, 0.4) is 0 Å². The van der Waals surface area contributed by atoms with Gasteiger partial charge in [-0.2, -0.15) is 5.10 Å². The largest absolute Gasteiger partial charge is 0.382 e. The first-order valence-electron chi connectivity index (χ1n) is 9.39. The number of hydrogen-bond donors (Lipinski definition) is 1. The van der Waals surface area contributed by atoms with Crippen LogP contribution < -0.4 is 0 Å². The third-order valence-corrected chi connectivity index (χ3v) is 6.25. The number of thiazole rings is 1. The fraction of sp³-hybridized carbons (Fsp3) is 0.227. The van der Waals surface area contributed by atoms with Crippen molar-refractivity contribution in [1.82, 2.24) is 19.7 Å². The predicted octanol–water partition coefficient (Wildman–Crippen LogP) is 4.68. The predicted molar refractivity (Wildman–Crippen MR) is 111 cm³/mol. The Labute approximate surface area is 176 Å². The molecule has 0 aliphatic heterocycles. The van der Waals surface area contributed by atoms with Gasteiger partial charge in [-0.05, 0) is 25.1 Å². The van der Waals surface area contributed by atoms with Crippen LogP contribution in [0.4, 0.5) is 8.78 Å². The van der Waals surface area contributed by atoms with Crippen LogP contribution in [0.2, 0.25) is 0 Å². The summed E-state index contributed by atoms with van der Waals surface area (Å²) in [6.45, 7) is 3.66. The van der Waals surface area contributed by atoms with Gasteiger partial charge in [0.2, 0.25) is 0 Å². The zero-order chi connectivity index (χ0) is 21.3. The maximum absolute atomic E-state index is 14.7. The zero-order valence-electron chi connectivity index (χ0n) is 16.5. The van der Waals surface area contributed by atoms with Crippen molar-refractivity contribution in [3.05, 3.63) is 88.3 Å². The molecule has 4 rings (SSSR count). The molecule has 0 aliphatic carbocycles. The monoisotopic (exact) mass is 426 g/mol. The van der Waals surface area contributed by atoms with Crippen LogP contribution in [0, 0.1) is 18.6 Å². The van der Waals surface area contributed by atoms with Crippen molar-refractivity contribution in [2.75, 3.05) is 0 Å². The van der Waals surface area contributed by atoms with Crippen molar-refractivity contribution in [3.8, 4) is 11.3 Å². The summed E-state index contributed by atoms with van der Waals surface area (Å²) in [5.74, 6) is -1.96. The smallest absolute Gasteiger partial charge is 0.137 e. The number of hydrogen-bond acceptors (Lipinski definition) is 5. The Morgan fingerprint density at radius 3 is 2.63 bits per heavy atom. The van der Waals surface area contributed by atoms with Gasteiger partial charge >= 0.3 is 0 Å². The van der Waals surface area contributed by atoms with E-state index in [0.717, 1.165) is 35.0 Å². The first-order chi connectivity index (χ1) is 14.4. The van der Waals surface area contributed by atoms with Gasteiger partial charge in [-0.3, -0.25) is 0 Å². The van der Waals surface area contributed by atoms with Gasteiger partial charge in [0.05, 0.1) is 17.2 Å². The third kappa shape index (κ3) is 3.88. The van der Waals surface area contributed by atoms with Crippen LogP contribution in [0.25, 0.3) is 11.3 Å². The molecule has 0 aliphatic rings. The molecule has 30 heavy (non-hydrogen) atoms. The lowest BCUT2D eigenvalue weighted by molar-refractivity contribution is -0.0114. The molecule has 2 aromatic carbocycles. The van der Waals surface area contributed by atoms with Crippen molar-refractivity contribution in [2.24, 2.45) is 0 Å². The van der Waals surface area contributed by atoms with Crippen LogP contribution >= 0.6 is 11.3 Å². The van der Waals surface area contributed by atoms with Gasteiger partial charge in [0.15, 0.2) is 0 Å². The van der Waals surface area contributed by atoms with Gasteiger partial charge in [-0.15, -0.1) is 11.3 Å². The Balaban J connectivity index is 1.75. The number of nitrogens with zero attached hydrogens (tertiary/aromatic N) is 4. The molecule has 154 valence electrons. The minimum atomic E-state index is -1.79. The Kier molecular flexibility index (Phi) is 5.44. The first-order valence-corrected chi connectivity index (χ1v) is 10.3. The molecule has 0 radical (unpaired) electrons. The summed E-state index contributed by atoms with van der Waals surface area (Å²) in [7, 11) is 0. The fourth-order valence-corrected chi connectivity index (χ4v) is 4.36. The average Bonchev–Trinajstić information content (AvgIpc) is 3.42. The molecule has 0 spiro atoms. The fourth-order valence-electron chi connectivity index (χ4n) is 3.39. The number of benzene rings is 2. The molecule has 2 heterocycles. The molecular formula is C22H20F2N4OS. The van der Waals surface area contributed by atoms with Crippen molar-refractivity contribution in [3.63, 3.8) is 0 Å². The van der Waals surface area contributed by atoms with Crippen molar-refractivity contribution < 1.29 is 13.9 Å². The van der Waals surface area contributed by atoms with E-state index in [1.807, 2.05) is 36.6 Å². The summed E-state index contributed by atoms with van der Waals surface area (Å²) in [6, 6.07) is 11.0. The SMILES string of the molecule is Cc1ccc(-c2csc([C@H](C)[C@](O)(Cn3cncn3)c3cc(F)ccc3F)n2)cc1. The number of aryl methyl sites for hydroxylation is 1. The molecule has 2 atom stereocenters. The summed E-state index contributed by atoms with van der Waals surface area (Å²) < 4.78 is 30.0. The number of aromatic nitrogens is 4. The molecule has 0 bridgehead atoms. The van der Waals surface area contributed by atoms with E-state index in [1.54, 1.807) is 6.92 Å². The summed E-state index contributed by atoms with van der Waals surface area (Å²) in [6.07, 6.45) is 2.75. The lowest BCUT2D eigenvalue weighted by Gasteiger charge is -2.33. The minimum absolute atomic E-state index is 0.103. The zero-order valence-corrected chi connectivity index (χ0v) is 17.3. The van der Waals surface area contributed by atoms with Gasteiger partial charge in [0, 0.05) is 22.4 Å². The van der Waals surface area contributed by atoms with Crippen LogP contribution in [-0.2, 0) is 12.1 Å². The maximum atomic E-state index is 14.7. The van der Waals surface area contributed by atoms with Crippen LogP contribution in [0.5, 0.6) is 0 Å². The topological polar surface area (TPSA) is 63.8 Å².